The van der Waals surface area contributed by atoms with Crippen LogP contribution in [0, 0.1) is 0 Å². The van der Waals surface area contributed by atoms with Gasteiger partial charge in [-0.15, -0.1) is 0 Å². The molecule has 0 amide bonds. The summed E-state index contributed by atoms with van der Waals surface area (Å²) in [5, 5.41) is 15.3. The van der Waals surface area contributed by atoms with Gasteiger partial charge in [-0.1, -0.05) is 18.2 Å². The Morgan fingerprint density at radius 1 is 1.09 bits per heavy atom. The number of H-pyrrole nitrogens is 1. The van der Waals surface area contributed by atoms with Crippen LogP contribution in [-0.2, 0) is 16.6 Å². The molecule has 0 bridgehead atoms. The van der Waals surface area contributed by atoms with Gasteiger partial charge in [0.15, 0.2) is 0 Å². The number of hydrogen-bond acceptors (Lipinski definition) is 7. The summed E-state index contributed by atoms with van der Waals surface area (Å²) in [6.07, 6.45) is 5.11. The van der Waals surface area contributed by atoms with Gasteiger partial charge in [0.1, 0.15) is 11.8 Å². The molecule has 0 atom stereocenters. The molecule has 1 fully saturated rings. The molecule has 1 aliphatic rings. The lowest BCUT2D eigenvalue weighted by molar-refractivity contribution is 0.156. The number of anilines is 2. The van der Waals surface area contributed by atoms with Crippen LogP contribution < -0.4 is 20.1 Å². The maximum absolute atomic E-state index is 11.7. The standard InChI is InChI=1S/C25H28N6O3S/c1-35(32,33)31-22-5-3-2-4-17(22)15-27-19-7-8-23-21(14-19)25(30-29-23)18-6-9-24(28-16-18)34-20-10-12-26-13-11-20/h2-9,14,16,20,26-27,31H,10-13,15H2,1H3,(H,29,30). The van der Waals surface area contributed by atoms with Crippen LogP contribution in [0.15, 0.2) is 60.8 Å². The average molecular weight is 493 g/mol. The van der Waals surface area contributed by atoms with Crippen molar-refractivity contribution < 1.29 is 13.2 Å². The number of benzene rings is 2. The van der Waals surface area contributed by atoms with Crippen molar-refractivity contribution in [2.75, 3.05) is 29.4 Å². The van der Waals surface area contributed by atoms with Gasteiger partial charge in [0.25, 0.3) is 0 Å². The van der Waals surface area contributed by atoms with Crippen LogP contribution in [0.4, 0.5) is 11.4 Å². The largest absolute Gasteiger partial charge is 0.474 e. The van der Waals surface area contributed by atoms with Crippen LogP contribution >= 0.6 is 0 Å². The van der Waals surface area contributed by atoms with E-state index < -0.39 is 10.0 Å². The second-order valence-corrected chi connectivity index (χ2v) is 10.4. The summed E-state index contributed by atoms with van der Waals surface area (Å²) in [5.74, 6) is 0.629. The van der Waals surface area contributed by atoms with E-state index in [4.69, 9.17) is 4.74 Å². The molecule has 2 aromatic heterocycles. The number of piperidine rings is 1. The Morgan fingerprint density at radius 2 is 1.91 bits per heavy atom. The Morgan fingerprint density at radius 3 is 2.69 bits per heavy atom. The van der Waals surface area contributed by atoms with Crippen molar-refractivity contribution in [1.29, 1.82) is 0 Å². The Hall–Kier alpha value is -3.63. The number of aromatic nitrogens is 3. The van der Waals surface area contributed by atoms with Gasteiger partial charge in [-0.3, -0.25) is 9.82 Å². The van der Waals surface area contributed by atoms with Crippen molar-refractivity contribution in [3.63, 3.8) is 0 Å². The summed E-state index contributed by atoms with van der Waals surface area (Å²) in [7, 11) is -3.36. The van der Waals surface area contributed by atoms with Crippen molar-refractivity contribution in [3.8, 4) is 17.1 Å². The third-order valence-electron chi connectivity index (χ3n) is 5.94. The molecule has 182 valence electrons. The summed E-state index contributed by atoms with van der Waals surface area (Å²) in [5.41, 5.74) is 4.93. The molecule has 4 aromatic rings. The summed E-state index contributed by atoms with van der Waals surface area (Å²) in [4.78, 5) is 4.50. The minimum atomic E-state index is -3.36. The molecule has 9 nitrogen and oxygen atoms in total. The first-order valence-electron chi connectivity index (χ1n) is 11.6. The monoisotopic (exact) mass is 492 g/mol. The molecule has 10 heteroatoms. The van der Waals surface area contributed by atoms with Crippen LogP contribution in [-0.4, -0.2) is 49.0 Å². The van der Waals surface area contributed by atoms with Crippen LogP contribution in [0.1, 0.15) is 18.4 Å². The number of pyridine rings is 1. The second kappa shape index (κ2) is 9.93. The van der Waals surface area contributed by atoms with E-state index in [9.17, 15) is 8.42 Å². The van der Waals surface area contributed by atoms with Crippen molar-refractivity contribution in [2.24, 2.45) is 0 Å². The first-order valence-corrected chi connectivity index (χ1v) is 13.5. The number of hydrogen-bond donors (Lipinski definition) is 4. The molecule has 3 heterocycles. The third-order valence-corrected chi connectivity index (χ3v) is 6.53. The molecule has 0 spiro atoms. The smallest absolute Gasteiger partial charge is 0.229 e. The summed E-state index contributed by atoms with van der Waals surface area (Å²) < 4.78 is 31.9. The van der Waals surface area contributed by atoms with E-state index in [2.05, 4.69) is 30.5 Å². The Kier molecular flexibility index (Phi) is 6.56. The molecule has 0 unspecified atom stereocenters. The fourth-order valence-corrected chi connectivity index (χ4v) is 4.79. The zero-order valence-electron chi connectivity index (χ0n) is 19.4. The van der Waals surface area contributed by atoms with Gasteiger partial charge >= 0.3 is 0 Å². The Labute approximate surface area is 204 Å². The predicted molar refractivity (Wildman–Crippen MR) is 138 cm³/mol. The van der Waals surface area contributed by atoms with Gasteiger partial charge in [-0.25, -0.2) is 13.4 Å². The minimum absolute atomic E-state index is 0.201. The van der Waals surface area contributed by atoms with Gasteiger partial charge in [0, 0.05) is 35.4 Å². The summed E-state index contributed by atoms with van der Waals surface area (Å²) in [6.45, 7) is 2.40. The zero-order valence-corrected chi connectivity index (χ0v) is 20.2. The molecular formula is C25H28N6O3S. The molecule has 1 saturated heterocycles. The van der Waals surface area contributed by atoms with Crippen molar-refractivity contribution in [3.05, 3.63) is 66.4 Å². The number of para-hydroxylation sites is 1. The summed E-state index contributed by atoms with van der Waals surface area (Å²) in [6, 6.07) is 17.2. The lowest BCUT2D eigenvalue weighted by Gasteiger charge is -2.23. The molecular weight excluding hydrogens is 464 g/mol. The van der Waals surface area contributed by atoms with E-state index in [1.165, 1.54) is 0 Å². The molecule has 0 radical (unpaired) electrons. The minimum Gasteiger partial charge on any atom is -0.474 e. The second-order valence-electron chi connectivity index (χ2n) is 8.67. The topological polar surface area (TPSA) is 121 Å². The Bertz CT molecular complexity index is 1410. The first kappa shape index (κ1) is 23.1. The number of nitrogens with zero attached hydrogens (tertiary/aromatic N) is 2. The van der Waals surface area contributed by atoms with Crippen LogP contribution in [0.5, 0.6) is 5.88 Å². The van der Waals surface area contributed by atoms with Gasteiger partial charge < -0.3 is 15.4 Å². The molecule has 0 aliphatic carbocycles. The molecule has 5 rings (SSSR count). The van der Waals surface area contributed by atoms with Crippen molar-refractivity contribution in [1.82, 2.24) is 20.5 Å². The highest BCUT2D eigenvalue weighted by Gasteiger charge is 2.16. The number of sulfonamides is 1. The average Bonchev–Trinajstić information content (AvgIpc) is 3.27. The first-order chi connectivity index (χ1) is 16.9. The van der Waals surface area contributed by atoms with Gasteiger partial charge in [-0.2, -0.15) is 5.10 Å². The van der Waals surface area contributed by atoms with E-state index in [0.717, 1.165) is 65.6 Å². The molecule has 0 saturated carbocycles. The molecule has 35 heavy (non-hydrogen) atoms. The van der Waals surface area contributed by atoms with Crippen LogP contribution in [0.2, 0.25) is 0 Å². The van der Waals surface area contributed by atoms with Crippen LogP contribution in [0.25, 0.3) is 22.2 Å². The lowest BCUT2D eigenvalue weighted by Crippen LogP contribution is -2.34. The lowest BCUT2D eigenvalue weighted by atomic mass is 10.1. The SMILES string of the molecule is CS(=O)(=O)Nc1ccccc1CNc1ccc2[nH]nc(-c3ccc(OC4CCNCC4)nc3)c2c1. The fraction of sp³-hybridized carbons (Fsp3) is 0.280. The van der Waals surface area contributed by atoms with Crippen molar-refractivity contribution >= 4 is 32.3 Å². The van der Waals surface area contributed by atoms with Gasteiger partial charge in [0.2, 0.25) is 15.9 Å². The van der Waals surface area contributed by atoms with Crippen molar-refractivity contribution in [2.45, 2.75) is 25.5 Å². The highest BCUT2D eigenvalue weighted by Crippen LogP contribution is 2.29. The van der Waals surface area contributed by atoms with Gasteiger partial charge in [-0.05, 0) is 61.8 Å². The number of aromatic amines is 1. The molecule has 2 aromatic carbocycles. The Balaban J connectivity index is 1.32. The van der Waals surface area contributed by atoms with E-state index >= 15 is 0 Å². The quantitative estimate of drug-likeness (QED) is 0.296. The number of ether oxygens (including phenoxy) is 1. The normalized spacial score (nSPS) is 14.7. The fourth-order valence-electron chi connectivity index (χ4n) is 4.19. The van der Waals surface area contributed by atoms with E-state index in [0.29, 0.717) is 18.1 Å². The number of nitrogens with one attached hydrogen (secondary N) is 4. The maximum Gasteiger partial charge on any atom is 0.229 e. The molecule has 1 aliphatic heterocycles. The summed E-state index contributed by atoms with van der Waals surface area (Å²) >= 11 is 0. The van der Waals surface area contributed by atoms with E-state index in [1.807, 2.05) is 42.5 Å². The molecule has 4 N–H and O–H groups in total. The number of rotatable bonds is 8. The van der Waals surface area contributed by atoms with Gasteiger partial charge in [0.05, 0.1) is 17.5 Å². The zero-order chi connectivity index (χ0) is 24.3. The highest BCUT2D eigenvalue weighted by atomic mass is 32.2. The van der Waals surface area contributed by atoms with E-state index in [-0.39, 0.29) is 6.10 Å². The number of fused-ring (bicyclic) bond motifs is 1. The van der Waals surface area contributed by atoms with E-state index in [1.54, 1.807) is 18.3 Å². The highest BCUT2D eigenvalue weighted by molar-refractivity contribution is 7.92. The maximum atomic E-state index is 11.7. The third kappa shape index (κ3) is 5.72. The van der Waals surface area contributed by atoms with Crippen LogP contribution in [0.3, 0.4) is 0 Å². The predicted octanol–water partition coefficient (Wildman–Crippen LogP) is 3.74.